The van der Waals surface area contributed by atoms with Crippen LogP contribution in [0.15, 0.2) is 71.6 Å². The van der Waals surface area contributed by atoms with Gasteiger partial charge in [0.2, 0.25) is 11.8 Å². The molecule has 1 aliphatic carbocycles. The van der Waals surface area contributed by atoms with Crippen LogP contribution in [-0.2, 0) is 46.8 Å². The Balaban J connectivity index is 1.26. The first kappa shape index (κ1) is 38.8. The van der Waals surface area contributed by atoms with Crippen LogP contribution in [0, 0.1) is 5.92 Å². The zero-order valence-corrected chi connectivity index (χ0v) is 31.7. The Labute approximate surface area is 316 Å². The first-order chi connectivity index (χ1) is 25.6. The van der Waals surface area contributed by atoms with Crippen molar-refractivity contribution in [3.05, 3.63) is 77.9 Å². The molecule has 3 heterocycles. The third-order valence-corrected chi connectivity index (χ3v) is 11.6. The molecule has 0 spiro atoms. The molecule has 0 unspecified atom stereocenters. The summed E-state index contributed by atoms with van der Waals surface area (Å²) in [5, 5.41) is 5.52. The number of hydrogen-bond acceptors (Lipinski definition) is 9. The van der Waals surface area contributed by atoms with Gasteiger partial charge in [0.1, 0.15) is 29.3 Å². The molecule has 2 fully saturated rings. The zero-order valence-electron chi connectivity index (χ0n) is 30.9. The van der Waals surface area contributed by atoms with Crippen molar-refractivity contribution >= 4 is 39.9 Å². The molecule has 3 N–H and O–H groups in total. The SMILES string of the molecule is CC(C)(C)OC(=O)N[C@H]1CCCCC/C=C\[C@H]2C[C@@]2(C(=O)NS(=O)(=O)c2ccccc2)NC(=O)[C@@H]2C[C@@H](OC(=O)N3CCc4ccccc4C3)CN2C1=O. The fourth-order valence-electron chi connectivity index (χ4n) is 7.36. The second-order valence-corrected chi connectivity index (χ2v) is 17.2. The van der Waals surface area contributed by atoms with Crippen molar-refractivity contribution < 1.29 is 41.9 Å². The molecule has 14 nitrogen and oxygen atoms in total. The van der Waals surface area contributed by atoms with Crippen molar-refractivity contribution in [3.63, 3.8) is 0 Å². The van der Waals surface area contributed by atoms with Crippen molar-refractivity contribution in [1.82, 2.24) is 25.2 Å². The van der Waals surface area contributed by atoms with E-state index < -0.39 is 75.2 Å². The molecule has 54 heavy (non-hydrogen) atoms. The number of ether oxygens (including phenoxy) is 2. The van der Waals surface area contributed by atoms with E-state index in [1.807, 2.05) is 36.4 Å². The van der Waals surface area contributed by atoms with Crippen LogP contribution in [-0.4, -0.2) is 90.5 Å². The monoisotopic (exact) mass is 763 g/mol. The first-order valence-electron chi connectivity index (χ1n) is 18.6. The highest BCUT2D eigenvalue weighted by Crippen LogP contribution is 2.46. The van der Waals surface area contributed by atoms with Gasteiger partial charge < -0.3 is 29.9 Å². The number of carbonyl (C=O) groups excluding carboxylic acids is 5. The normalized spacial score (nSPS) is 26.7. The fourth-order valence-corrected chi connectivity index (χ4v) is 8.42. The van der Waals surface area contributed by atoms with Gasteiger partial charge in [0.25, 0.3) is 15.9 Å². The molecule has 290 valence electrons. The quantitative estimate of drug-likeness (QED) is 0.380. The number of fused-ring (bicyclic) bond motifs is 3. The van der Waals surface area contributed by atoms with Crippen LogP contribution in [0.4, 0.5) is 9.59 Å². The molecule has 0 bridgehead atoms. The van der Waals surface area contributed by atoms with Crippen LogP contribution in [0.5, 0.6) is 0 Å². The summed E-state index contributed by atoms with van der Waals surface area (Å²) in [4.78, 5) is 71.8. The first-order valence-corrected chi connectivity index (χ1v) is 20.1. The lowest BCUT2D eigenvalue weighted by atomic mass is 10.0. The van der Waals surface area contributed by atoms with Gasteiger partial charge in [-0.05, 0) is 76.1 Å². The Bertz CT molecular complexity index is 1900. The largest absolute Gasteiger partial charge is 0.444 e. The molecular weight excluding hydrogens is 715 g/mol. The molecule has 1 saturated carbocycles. The number of sulfonamides is 1. The summed E-state index contributed by atoms with van der Waals surface area (Å²) < 4.78 is 39.9. The molecule has 6 rings (SSSR count). The van der Waals surface area contributed by atoms with E-state index >= 15 is 0 Å². The molecule has 0 aromatic heterocycles. The van der Waals surface area contributed by atoms with Gasteiger partial charge >= 0.3 is 12.2 Å². The Morgan fingerprint density at radius 1 is 0.963 bits per heavy atom. The number of amides is 5. The summed E-state index contributed by atoms with van der Waals surface area (Å²) in [7, 11) is -4.27. The van der Waals surface area contributed by atoms with Gasteiger partial charge in [0.05, 0.1) is 11.4 Å². The van der Waals surface area contributed by atoms with Crippen LogP contribution in [0.1, 0.15) is 76.8 Å². The van der Waals surface area contributed by atoms with Crippen LogP contribution >= 0.6 is 0 Å². The van der Waals surface area contributed by atoms with Gasteiger partial charge in [-0.15, -0.1) is 0 Å². The lowest BCUT2D eigenvalue weighted by Gasteiger charge is -2.30. The van der Waals surface area contributed by atoms with Crippen LogP contribution < -0.4 is 15.4 Å². The third kappa shape index (κ3) is 9.05. The summed E-state index contributed by atoms with van der Waals surface area (Å²) in [6.45, 7) is 5.79. The van der Waals surface area contributed by atoms with E-state index in [2.05, 4.69) is 15.4 Å². The van der Waals surface area contributed by atoms with Gasteiger partial charge in [-0.3, -0.25) is 14.4 Å². The Morgan fingerprint density at radius 3 is 2.43 bits per heavy atom. The number of benzene rings is 2. The molecule has 15 heteroatoms. The minimum absolute atomic E-state index is 0.0760. The van der Waals surface area contributed by atoms with Gasteiger partial charge in [0.15, 0.2) is 0 Å². The second kappa shape index (κ2) is 15.8. The number of nitrogens with zero attached hydrogens (tertiary/aromatic N) is 2. The molecule has 4 aliphatic rings. The van der Waals surface area contributed by atoms with Crippen molar-refractivity contribution in [2.24, 2.45) is 5.92 Å². The number of nitrogens with one attached hydrogen (secondary N) is 3. The molecule has 2 aromatic rings. The second-order valence-electron chi connectivity index (χ2n) is 15.5. The third-order valence-electron chi connectivity index (χ3n) is 10.3. The van der Waals surface area contributed by atoms with E-state index in [1.54, 1.807) is 31.7 Å². The van der Waals surface area contributed by atoms with Gasteiger partial charge in [-0.1, -0.05) is 67.5 Å². The number of allylic oxidation sites excluding steroid dienone is 1. The van der Waals surface area contributed by atoms with Crippen LogP contribution in [0.2, 0.25) is 0 Å². The minimum Gasteiger partial charge on any atom is -0.444 e. The smallest absolute Gasteiger partial charge is 0.410 e. The maximum Gasteiger partial charge on any atom is 0.410 e. The summed E-state index contributed by atoms with van der Waals surface area (Å²) in [6.07, 6.45) is 5.22. The standard InChI is InChI=1S/C39H49N5O9S/c1-38(2,3)53-36(48)40-31-19-11-6-4-5-8-16-28-23-39(28,35(47)42-54(50,51)30-17-9-7-10-18-30)41-33(45)32-22-29(25-44(32)34(31)46)52-37(49)43-21-20-26-14-12-13-15-27(26)24-43/h7-10,12-18,28-29,31-32H,4-6,11,19-25H2,1-3H3,(H,40,48)(H,41,45)(H,42,47)/b16-8-/t28-,29+,31-,32-,39+/m0/s1. The van der Waals surface area contributed by atoms with Gasteiger partial charge in [0, 0.05) is 25.4 Å². The predicted molar refractivity (Wildman–Crippen MR) is 197 cm³/mol. The number of alkyl carbamates (subject to hydrolysis) is 1. The highest BCUT2D eigenvalue weighted by atomic mass is 32.2. The van der Waals surface area contributed by atoms with E-state index in [9.17, 15) is 32.4 Å². The van der Waals surface area contributed by atoms with Crippen molar-refractivity contribution in [3.8, 4) is 0 Å². The summed E-state index contributed by atoms with van der Waals surface area (Å²) in [5.74, 6) is -2.66. The van der Waals surface area contributed by atoms with Crippen LogP contribution in [0.25, 0.3) is 0 Å². The van der Waals surface area contributed by atoms with Crippen molar-refractivity contribution in [2.75, 3.05) is 13.1 Å². The lowest BCUT2D eigenvalue weighted by molar-refractivity contribution is -0.141. The molecule has 0 radical (unpaired) electrons. The predicted octanol–water partition coefficient (Wildman–Crippen LogP) is 3.94. The summed E-state index contributed by atoms with van der Waals surface area (Å²) in [6, 6.07) is 13.0. The lowest BCUT2D eigenvalue weighted by Crippen LogP contribution is -2.58. The summed E-state index contributed by atoms with van der Waals surface area (Å²) >= 11 is 0. The van der Waals surface area contributed by atoms with E-state index in [0.29, 0.717) is 32.4 Å². The fraction of sp³-hybridized carbons (Fsp3) is 0.513. The van der Waals surface area contributed by atoms with Gasteiger partial charge in [-0.25, -0.2) is 22.7 Å². The average Bonchev–Trinajstić information content (AvgIpc) is 3.66. The van der Waals surface area contributed by atoms with E-state index in [1.165, 1.54) is 29.2 Å². The summed E-state index contributed by atoms with van der Waals surface area (Å²) in [5.41, 5.74) is -0.264. The van der Waals surface area contributed by atoms with E-state index in [-0.39, 0.29) is 30.7 Å². The molecule has 5 amide bonds. The number of rotatable bonds is 5. The molecule has 5 atom stereocenters. The molecule has 2 aromatic carbocycles. The molecule has 1 saturated heterocycles. The maximum absolute atomic E-state index is 14.4. The Hall–Kier alpha value is -4.92. The van der Waals surface area contributed by atoms with Gasteiger partial charge in [-0.2, -0.15) is 0 Å². The highest BCUT2D eigenvalue weighted by Gasteiger charge is 2.61. The minimum atomic E-state index is -4.27. The maximum atomic E-state index is 14.4. The topological polar surface area (TPSA) is 181 Å². The average molecular weight is 764 g/mol. The van der Waals surface area contributed by atoms with Crippen LogP contribution in [0.3, 0.4) is 0 Å². The van der Waals surface area contributed by atoms with E-state index in [4.69, 9.17) is 9.47 Å². The van der Waals surface area contributed by atoms with Crippen molar-refractivity contribution in [1.29, 1.82) is 0 Å². The highest BCUT2D eigenvalue weighted by molar-refractivity contribution is 7.90. The zero-order chi connectivity index (χ0) is 38.7. The van der Waals surface area contributed by atoms with Crippen molar-refractivity contribution in [2.45, 2.75) is 113 Å². The number of hydrogen-bond donors (Lipinski definition) is 3. The molecule has 3 aliphatic heterocycles. The molecular formula is C39H49N5O9S. The number of carbonyl (C=O) groups is 5. The Kier molecular flexibility index (Phi) is 11.4. The van der Waals surface area contributed by atoms with E-state index in [0.717, 1.165) is 24.0 Å². The Morgan fingerprint density at radius 2 is 1.69 bits per heavy atom.